The fourth-order valence-electron chi connectivity index (χ4n) is 5.58. The summed E-state index contributed by atoms with van der Waals surface area (Å²) in [7, 11) is 0. The third-order valence-electron chi connectivity index (χ3n) is 8.06. The molecule has 0 radical (unpaired) electrons. The number of amides is 2. The van der Waals surface area contributed by atoms with E-state index in [0.717, 1.165) is 24.3 Å². The molecule has 1 atom stereocenters. The Morgan fingerprint density at radius 3 is 2.64 bits per heavy atom. The van der Waals surface area contributed by atoms with Gasteiger partial charge in [-0.2, -0.15) is 0 Å². The van der Waals surface area contributed by atoms with Crippen molar-refractivity contribution in [2.24, 2.45) is 11.1 Å². The second kappa shape index (κ2) is 13.0. The van der Waals surface area contributed by atoms with Crippen molar-refractivity contribution in [2.75, 3.05) is 43.5 Å². The number of carbonyl (C=O) groups excluding carboxylic acids is 2. The lowest BCUT2D eigenvalue weighted by molar-refractivity contribution is -0.384. The minimum atomic E-state index is -0.890. The summed E-state index contributed by atoms with van der Waals surface area (Å²) in [6.07, 6.45) is 5.26. The quantitative estimate of drug-likeness (QED) is 0.157. The first-order chi connectivity index (χ1) is 21.1. The fraction of sp³-hybridized carbons (Fsp3) is 0.467. The van der Waals surface area contributed by atoms with Crippen LogP contribution in [0.1, 0.15) is 58.9 Å². The van der Waals surface area contributed by atoms with Crippen molar-refractivity contribution in [1.82, 2.24) is 19.4 Å². The Bertz CT molecular complexity index is 1590. The molecule has 4 N–H and O–H groups in total. The highest BCUT2D eigenvalue weighted by Crippen LogP contribution is 2.34. The second-order valence-electron chi connectivity index (χ2n) is 11.4. The SMILES string of the molecule is Cc1nc(C)c(C(=O)Nc2nc3c(n2CCCCNc2c(CN4CCOCC4)cccc2[N+](=O)[O-])C=CC(C)(C(N)=O)C3)o1. The second-order valence-corrected chi connectivity index (χ2v) is 11.4. The summed E-state index contributed by atoms with van der Waals surface area (Å²) in [4.78, 5) is 47.8. The van der Waals surface area contributed by atoms with E-state index in [0.29, 0.717) is 81.0 Å². The molecule has 1 aliphatic heterocycles. The molecule has 2 amide bonds. The normalized spacial score (nSPS) is 18.2. The number of ether oxygens (including phenoxy) is 1. The summed E-state index contributed by atoms with van der Waals surface area (Å²) in [6.45, 7) is 9.57. The van der Waals surface area contributed by atoms with Crippen molar-refractivity contribution in [3.63, 3.8) is 0 Å². The van der Waals surface area contributed by atoms with Gasteiger partial charge in [0.15, 0.2) is 5.89 Å². The zero-order valence-electron chi connectivity index (χ0n) is 25.2. The summed E-state index contributed by atoms with van der Waals surface area (Å²) in [5, 5.41) is 18.0. The standard InChI is InChI=1S/C30H38N8O6/c1-19-26(44-20(2)33-19)27(39)35-29-34-22-17-30(3,28(31)40)10-9-23(22)37(29)12-5-4-11-32-25-21(7-6-8-24(25)38(41)42)18-36-13-15-43-16-14-36/h6-10,32H,4-5,11-18H2,1-3H3,(H2,31,40)(H,34,35,39). The van der Waals surface area contributed by atoms with Crippen LogP contribution in [0, 0.1) is 29.4 Å². The molecule has 1 saturated heterocycles. The van der Waals surface area contributed by atoms with Crippen molar-refractivity contribution in [2.45, 2.75) is 53.1 Å². The zero-order chi connectivity index (χ0) is 31.4. The van der Waals surface area contributed by atoms with E-state index in [2.05, 4.69) is 25.5 Å². The molecule has 2 aromatic heterocycles. The van der Waals surface area contributed by atoms with E-state index in [1.165, 1.54) is 6.07 Å². The predicted octanol–water partition coefficient (Wildman–Crippen LogP) is 3.43. The number of unbranched alkanes of at least 4 members (excludes halogenated alkanes) is 1. The third-order valence-corrected chi connectivity index (χ3v) is 8.06. The molecule has 0 saturated carbocycles. The summed E-state index contributed by atoms with van der Waals surface area (Å²) in [5.74, 6) is -0.115. The molecule has 1 aromatic carbocycles. The van der Waals surface area contributed by atoms with E-state index in [1.54, 1.807) is 32.9 Å². The van der Waals surface area contributed by atoms with Crippen LogP contribution in [0.25, 0.3) is 6.08 Å². The monoisotopic (exact) mass is 606 g/mol. The van der Waals surface area contributed by atoms with Gasteiger partial charge in [-0.25, -0.2) is 9.97 Å². The number of primary amides is 1. The number of fused-ring (bicyclic) bond motifs is 1. The van der Waals surface area contributed by atoms with Crippen molar-refractivity contribution < 1.29 is 23.7 Å². The lowest BCUT2D eigenvalue weighted by atomic mass is 9.80. The van der Waals surface area contributed by atoms with Gasteiger partial charge in [0, 0.05) is 52.1 Å². The first-order valence-corrected chi connectivity index (χ1v) is 14.7. The van der Waals surface area contributed by atoms with E-state index < -0.39 is 17.2 Å². The van der Waals surface area contributed by atoms with Gasteiger partial charge in [0.05, 0.1) is 40.6 Å². The lowest BCUT2D eigenvalue weighted by Crippen LogP contribution is -2.36. The van der Waals surface area contributed by atoms with E-state index >= 15 is 0 Å². The number of morpholine rings is 1. The van der Waals surface area contributed by atoms with Gasteiger partial charge in [-0.05, 0) is 38.3 Å². The van der Waals surface area contributed by atoms with E-state index in [1.807, 2.05) is 16.7 Å². The molecule has 0 spiro atoms. The summed E-state index contributed by atoms with van der Waals surface area (Å²) in [6, 6.07) is 5.15. The minimum absolute atomic E-state index is 0.0463. The number of para-hydroxylation sites is 1. The Labute approximate surface area is 254 Å². The number of aryl methyl sites for hydroxylation is 2. The molecule has 14 heteroatoms. The van der Waals surface area contributed by atoms with Crippen LogP contribution in [0.5, 0.6) is 0 Å². The van der Waals surface area contributed by atoms with Crippen LogP contribution >= 0.6 is 0 Å². The number of nitrogens with zero attached hydrogens (tertiary/aromatic N) is 5. The van der Waals surface area contributed by atoms with Crippen molar-refractivity contribution in [3.8, 4) is 0 Å². The maximum Gasteiger partial charge on any atom is 0.295 e. The van der Waals surface area contributed by atoms with Crippen molar-refractivity contribution in [1.29, 1.82) is 0 Å². The molecule has 1 aliphatic carbocycles. The summed E-state index contributed by atoms with van der Waals surface area (Å²) in [5.41, 5.74) is 8.13. The Morgan fingerprint density at radius 1 is 1.18 bits per heavy atom. The highest BCUT2D eigenvalue weighted by atomic mass is 16.6. The van der Waals surface area contributed by atoms with Crippen LogP contribution in [-0.4, -0.2) is 69.0 Å². The van der Waals surface area contributed by atoms with E-state index in [-0.39, 0.29) is 16.4 Å². The number of benzene rings is 1. The first kappa shape index (κ1) is 30.9. The Balaban J connectivity index is 1.30. The molecular weight excluding hydrogens is 568 g/mol. The van der Waals surface area contributed by atoms with Crippen LogP contribution in [0.15, 0.2) is 28.7 Å². The molecular formula is C30H38N8O6. The topological polar surface area (TPSA) is 184 Å². The largest absolute Gasteiger partial charge is 0.436 e. The zero-order valence-corrected chi connectivity index (χ0v) is 25.2. The minimum Gasteiger partial charge on any atom is -0.436 e. The molecule has 1 unspecified atom stereocenters. The smallest absolute Gasteiger partial charge is 0.295 e. The van der Waals surface area contributed by atoms with Gasteiger partial charge >= 0.3 is 0 Å². The highest BCUT2D eigenvalue weighted by molar-refractivity contribution is 6.02. The number of nitrogens with two attached hydrogens (primary N) is 1. The number of oxazole rings is 1. The van der Waals surface area contributed by atoms with Gasteiger partial charge < -0.3 is 24.8 Å². The Hall–Kier alpha value is -4.56. The van der Waals surface area contributed by atoms with Gasteiger partial charge in [-0.15, -0.1) is 0 Å². The van der Waals surface area contributed by atoms with Crippen LogP contribution in [0.4, 0.5) is 17.3 Å². The number of nitro groups is 1. The number of nitro benzene ring substituents is 1. The number of nitrogens with one attached hydrogen (secondary N) is 2. The predicted molar refractivity (Wildman–Crippen MR) is 163 cm³/mol. The number of hydrogen-bond donors (Lipinski definition) is 3. The number of anilines is 2. The molecule has 0 bridgehead atoms. The highest BCUT2D eigenvalue weighted by Gasteiger charge is 2.35. The molecule has 3 heterocycles. The molecule has 14 nitrogen and oxygen atoms in total. The molecule has 1 fully saturated rings. The number of carbonyl (C=O) groups is 2. The van der Waals surface area contributed by atoms with E-state index in [4.69, 9.17) is 14.9 Å². The van der Waals surface area contributed by atoms with Gasteiger partial charge in [-0.3, -0.25) is 29.9 Å². The summed E-state index contributed by atoms with van der Waals surface area (Å²) < 4.78 is 12.8. The molecule has 3 aromatic rings. The Kier molecular flexibility index (Phi) is 9.11. The van der Waals surface area contributed by atoms with E-state index in [9.17, 15) is 19.7 Å². The Morgan fingerprint density at radius 2 is 1.95 bits per heavy atom. The van der Waals surface area contributed by atoms with Crippen LogP contribution < -0.4 is 16.4 Å². The van der Waals surface area contributed by atoms with Crippen LogP contribution in [0.2, 0.25) is 0 Å². The number of imidazole rings is 1. The maximum absolute atomic E-state index is 13.1. The average molecular weight is 607 g/mol. The van der Waals surface area contributed by atoms with Crippen LogP contribution in [0.3, 0.4) is 0 Å². The van der Waals surface area contributed by atoms with Crippen LogP contribution in [-0.2, 0) is 29.0 Å². The van der Waals surface area contributed by atoms with Gasteiger partial charge in [-0.1, -0.05) is 18.2 Å². The number of hydrogen-bond acceptors (Lipinski definition) is 10. The number of aromatic nitrogens is 3. The fourth-order valence-corrected chi connectivity index (χ4v) is 5.58. The third kappa shape index (κ3) is 6.65. The van der Waals surface area contributed by atoms with Gasteiger partial charge in [0.25, 0.3) is 11.6 Å². The van der Waals surface area contributed by atoms with Gasteiger partial charge in [0.2, 0.25) is 17.6 Å². The molecule has 234 valence electrons. The average Bonchev–Trinajstić information content (AvgIpc) is 3.50. The lowest BCUT2D eigenvalue weighted by Gasteiger charge is -2.27. The molecule has 44 heavy (non-hydrogen) atoms. The summed E-state index contributed by atoms with van der Waals surface area (Å²) >= 11 is 0. The number of rotatable bonds is 12. The maximum atomic E-state index is 13.1. The van der Waals surface area contributed by atoms with Crippen molar-refractivity contribution >= 4 is 35.2 Å². The van der Waals surface area contributed by atoms with Gasteiger partial charge in [0.1, 0.15) is 5.69 Å². The molecule has 5 rings (SSSR count). The molecule has 2 aliphatic rings. The first-order valence-electron chi connectivity index (χ1n) is 14.7. The van der Waals surface area contributed by atoms with Crippen molar-refractivity contribution in [3.05, 3.63) is 68.7 Å².